The molecule has 0 aliphatic carbocycles. The highest BCUT2D eigenvalue weighted by Gasteiger charge is 2.23. The van der Waals surface area contributed by atoms with Crippen molar-refractivity contribution in [3.63, 3.8) is 0 Å². The summed E-state index contributed by atoms with van der Waals surface area (Å²) in [6.07, 6.45) is 0.950. The summed E-state index contributed by atoms with van der Waals surface area (Å²) in [5.41, 5.74) is 1.05. The molecule has 0 atom stereocenters. The van der Waals surface area contributed by atoms with E-state index in [1.54, 1.807) is 14.2 Å². The van der Waals surface area contributed by atoms with Gasteiger partial charge in [-0.1, -0.05) is 43.6 Å². The SMILES string of the molecule is CN=C(NCCCOC)NCC(C)(C)c1ccccc1Cl.I. The van der Waals surface area contributed by atoms with Crippen LogP contribution in [0.2, 0.25) is 5.02 Å². The average molecular weight is 440 g/mol. The third kappa shape index (κ3) is 7.15. The number of nitrogens with one attached hydrogen (secondary N) is 2. The zero-order valence-electron chi connectivity index (χ0n) is 13.8. The number of halogens is 2. The van der Waals surface area contributed by atoms with Crippen LogP contribution in [0.3, 0.4) is 0 Å². The molecule has 22 heavy (non-hydrogen) atoms. The minimum Gasteiger partial charge on any atom is -0.385 e. The standard InChI is InChI=1S/C16H26ClN3O.HI/c1-16(2,13-8-5-6-9-14(13)17)12-20-15(18-3)19-10-7-11-21-4;/h5-6,8-9H,7,10-12H2,1-4H3,(H2,18,19,20);1H. The molecule has 2 N–H and O–H groups in total. The third-order valence-electron chi connectivity index (χ3n) is 3.34. The van der Waals surface area contributed by atoms with E-state index in [0.717, 1.165) is 42.7 Å². The molecule has 0 fully saturated rings. The van der Waals surface area contributed by atoms with E-state index in [0.29, 0.717) is 0 Å². The van der Waals surface area contributed by atoms with E-state index < -0.39 is 0 Å². The number of hydrogen-bond donors (Lipinski definition) is 2. The maximum absolute atomic E-state index is 6.29. The van der Waals surface area contributed by atoms with Crippen LogP contribution in [-0.2, 0) is 10.2 Å². The summed E-state index contributed by atoms with van der Waals surface area (Å²) in [7, 11) is 3.48. The molecule has 0 amide bonds. The van der Waals surface area contributed by atoms with Gasteiger partial charge in [-0.05, 0) is 18.1 Å². The first-order valence-electron chi connectivity index (χ1n) is 7.19. The highest BCUT2D eigenvalue weighted by molar-refractivity contribution is 14.0. The Morgan fingerprint density at radius 1 is 1.27 bits per heavy atom. The molecule has 0 aliphatic rings. The van der Waals surface area contributed by atoms with Gasteiger partial charge in [-0.3, -0.25) is 4.99 Å². The topological polar surface area (TPSA) is 45.7 Å². The van der Waals surface area contributed by atoms with Crippen molar-refractivity contribution in [1.82, 2.24) is 10.6 Å². The zero-order chi connectivity index (χ0) is 15.7. The molecule has 4 nitrogen and oxygen atoms in total. The van der Waals surface area contributed by atoms with Crippen molar-refractivity contribution in [2.75, 3.05) is 33.9 Å². The molecule has 0 unspecified atom stereocenters. The van der Waals surface area contributed by atoms with Crippen LogP contribution in [0.1, 0.15) is 25.8 Å². The molecule has 0 aromatic heterocycles. The zero-order valence-corrected chi connectivity index (χ0v) is 16.9. The molecule has 0 radical (unpaired) electrons. The number of hydrogen-bond acceptors (Lipinski definition) is 2. The van der Waals surface area contributed by atoms with Gasteiger partial charge in [-0.15, -0.1) is 24.0 Å². The molecule has 0 aliphatic heterocycles. The Bertz CT molecular complexity index is 466. The highest BCUT2D eigenvalue weighted by Crippen LogP contribution is 2.28. The summed E-state index contributed by atoms with van der Waals surface area (Å²) >= 11 is 6.29. The fourth-order valence-corrected chi connectivity index (χ4v) is 2.45. The second-order valence-electron chi connectivity index (χ2n) is 5.56. The number of ether oxygens (including phenoxy) is 1. The molecule has 0 spiro atoms. The van der Waals surface area contributed by atoms with E-state index in [9.17, 15) is 0 Å². The summed E-state index contributed by atoms with van der Waals surface area (Å²) in [6, 6.07) is 7.96. The first kappa shape index (κ1) is 21.5. The fraction of sp³-hybridized carbons (Fsp3) is 0.562. The largest absolute Gasteiger partial charge is 0.385 e. The van der Waals surface area contributed by atoms with Crippen molar-refractivity contribution in [2.45, 2.75) is 25.7 Å². The van der Waals surface area contributed by atoms with Crippen LogP contribution in [0.25, 0.3) is 0 Å². The minimum absolute atomic E-state index is 0. The normalized spacial score (nSPS) is 11.8. The quantitative estimate of drug-likeness (QED) is 0.296. The van der Waals surface area contributed by atoms with Gasteiger partial charge >= 0.3 is 0 Å². The van der Waals surface area contributed by atoms with Gasteiger partial charge in [-0.2, -0.15) is 0 Å². The average Bonchev–Trinajstić information content (AvgIpc) is 2.47. The smallest absolute Gasteiger partial charge is 0.191 e. The fourth-order valence-electron chi connectivity index (χ4n) is 2.05. The van der Waals surface area contributed by atoms with E-state index in [1.165, 1.54) is 0 Å². The van der Waals surface area contributed by atoms with Crippen LogP contribution in [0.5, 0.6) is 0 Å². The first-order valence-corrected chi connectivity index (χ1v) is 7.57. The van der Waals surface area contributed by atoms with E-state index in [-0.39, 0.29) is 29.4 Å². The monoisotopic (exact) mass is 439 g/mol. The molecule has 6 heteroatoms. The summed E-state index contributed by atoms with van der Waals surface area (Å²) in [4.78, 5) is 4.23. The van der Waals surface area contributed by atoms with Crippen LogP contribution in [-0.4, -0.2) is 39.8 Å². The lowest BCUT2D eigenvalue weighted by atomic mass is 9.84. The molecule has 1 aromatic carbocycles. The number of aliphatic imine (C=N–C) groups is 1. The van der Waals surface area contributed by atoms with E-state index >= 15 is 0 Å². The van der Waals surface area contributed by atoms with E-state index in [1.807, 2.05) is 18.2 Å². The van der Waals surface area contributed by atoms with Crippen molar-refractivity contribution in [3.8, 4) is 0 Å². The lowest BCUT2D eigenvalue weighted by Gasteiger charge is -2.27. The Kier molecular flexibility index (Phi) is 10.8. The second-order valence-corrected chi connectivity index (χ2v) is 5.97. The summed E-state index contributed by atoms with van der Waals surface area (Å²) < 4.78 is 5.03. The Balaban J connectivity index is 0.00000441. The number of methoxy groups -OCH3 is 1. The van der Waals surface area contributed by atoms with Crippen LogP contribution in [0, 0.1) is 0 Å². The van der Waals surface area contributed by atoms with Crippen molar-refractivity contribution < 1.29 is 4.74 Å². The maximum Gasteiger partial charge on any atom is 0.191 e. The minimum atomic E-state index is -0.0809. The Hall–Kier alpha value is -0.530. The summed E-state index contributed by atoms with van der Waals surface area (Å²) in [5.74, 6) is 0.797. The van der Waals surface area contributed by atoms with Crippen molar-refractivity contribution in [1.29, 1.82) is 0 Å². The van der Waals surface area contributed by atoms with Crippen LogP contribution >= 0.6 is 35.6 Å². The maximum atomic E-state index is 6.29. The van der Waals surface area contributed by atoms with Gasteiger partial charge < -0.3 is 15.4 Å². The van der Waals surface area contributed by atoms with E-state index in [2.05, 4.69) is 35.5 Å². The Labute approximate surface area is 156 Å². The molecular formula is C16H27ClIN3O. The first-order chi connectivity index (χ1) is 10.0. The van der Waals surface area contributed by atoms with Crippen molar-refractivity contribution in [3.05, 3.63) is 34.9 Å². The van der Waals surface area contributed by atoms with Gasteiger partial charge in [0.15, 0.2) is 5.96 Å². The lowest BCUT2D eigenvalue weighted by molar-refractivity contribution is 0.195. The third-order valence-corrected chi connectivity index (χ3v) is 3.67. The summed E-state index contributed by atoms with van der Waals surface area (Å²) in [5, 5.41) is 7.42. The predicted octanol–water partition coefficient (Wildman–Crippen LogP) is 3.44. The van der Waals surface area contributed by atoms with Gasteiger partial charge in [-0.25, -0.2) is 0 Å². The van der Waals surface area contributed by atoms with Gasteiger partial charge in [0.2, 0.25) is 0 Å². The molecule has 0 bridgehead atoms. The van der Waals surface area contributed by atoms with Crippen molar-refractivity contribution in [2.24, 2.45) is 4.99 Å². The highest BCUT2D eigenvalue weighted by atomic mass is 127. The molecule has 1 aromatic rings. The number of rotatable bonds is 7. The van der Waals surface area contributed by atoms with Gasteiger partial charge in [0.1, 0.15) is 0 Å². The van der Waals surface area contributed by atoms with Crippen molar-refractivity contribution >= 4 is 41.5 Å². The molecule has 0 heterocycles. The van der Waals surface area contributed by atoms with Crippen LogP contribution in [0.15, 0.2) is 29.3 Å². The molecular weight excluding hydrogens is 413 g/mol. The number of benzene rings is 1. The number of guanidine groups is 1. The predicted molar refractivity (Wildman–Crippen MR) is 106 cm³/mol. The summed E-state index contributed by atoms with van der Waals surface area (Å²) in [6.45, 7) is 6.66. The Morgan fingerprint density at radius 3 is 2.55 bits per heavy atom. The van der Waals surface area contributed by atoms with Crippen LogP contribution in [0.4, 0.5) is 0 Å². The lowest BCUT2D eigenvalue weighted by Crippen LogP contribution is -2.43. The van der Waals surface area contributed by atoms with E-state index in [4.69, 9.17) is 16.3 Å². The Morgan fingerprint density at radius 2 is 1.95 bits per heavy atom. The molecule has 1 rings (SSSR count). The van der Waals surface area contributed by atoms with Gasteiger partial charge in [0, 0.05) is 44.3 Å². The van der Waals surface area contributed by atoms with Gasteiger partial charge in [0.05, 0.1) is 0 Å². The molecule has 126 valence electrons. The molecule has 0 saturated heterocycles. The van der Waals surface area contributed by atoms with Crippen LogP contribution < -0.4 is 10.6 Å². The molecule has 0 saturated carbocycles. The number of nitrogens with zero attached hydrogens (tertiary/aromatic N) is 1. The van der Waals surface area contributed by atoms with Gasteiger partial charge in [0.25, 0.3) is 0 Å². The second kappa shape index (κ2) is 11.1.